The molecule has 5 heteroatoms. The van der Waals surface area contributed by atoms with Gasteiger partial charge in [0.25, 0.3) is 0 Å². The van der Waals surface area contributed by atoms with Crippen LogP contribution in [0.2, 0.25) is 0 Å². The summed E-state index contributed by atoms with van der Waals surface area (Å²) in [5.41, 5.74) is 13.2. The highest BCUT2D eigenvalue weighted by molar-refractivity contribution is 6.14. The minimum Gasteiger partial charge on any atom is -0.319 e. The van der Waals surface area contributed by atoms with Crippen molar-refractivity contribution in [3.05, 3.63) is 172 Å². The first kappa shape index (κ1) is 31.6. The zero-order valence-electron chi connectivity index (χ0n) is 30.8. The van der Waals surface area contributed by atoms with Crippen LogP contribution in [0, 0.1) is 23.7 Å². The van der Waals surface area contributed by atoms with Crippen molar-refractivity contribution in [3.8, 4) is 39.7 Å². The molecule has 0 amide bonds. The van der Waals surface area contributed by atoms with Crippen LogP contribution in [-0.4, -0.2) is 9.13 Å². The second-order valence-electron chi connectivity index (χ2n) is 16.1. The number of fused-ring (bicyclic) bond motifs is 12. The molecular weight excluding hydrogens is 676 g/mol. The van der Waals surface area contributed by atoms with E-state index in [0.29, 0.717) is 11.4 Å². The molecule has 0 fully saturated rings. The standard InChI is InChI=1S/C50H33FN4/c1-49(2)37-18-10-6-14-28(37)32-22-34-30-16-8-12-20-41(30)54(43(34)24-39(32)49)45-26-46(48(53-5)47(51)36(45)27-52)55-42-21-13-9-17-31(42)35-23-33-29-15-7-11-19-38(29)50(3,4)40(33)25-44(35)55/h6-26H,1-4H3. The zero-order chi connectivity index (χ0) is 37.5. The second kappa shape index (κ2) is 10.6. The highest BCUT2D eigenvalue weighted by atomic mass is 19.1. The predicted molar refractivity (Wildman–Crippen MR) is 221 cm³/mol. The Morgan fingerprint density at radius 2 is 0.982 bits per heavy atom. The summed E-state index contributed by atoms with van der Waals surface area (Å²) in [5.74, 6) is -0.815. The van der Waals surface area contributed by atoms with E-state index in [2.05, 4.69) is 124 Å². The van der Waals surface area contributed by atoms with Gasteiger partial charge in [-0.05, 0) is 87.0 Å². The summed E-state index contributed by atoms with van der Waals surface area (Å²) in [5, 5.41) is 14.8. The molecule has 0 saturated carbocycles. The maximum Gasteiger partial charge on any atom is 0.246 e. The first-order valence-electron chi connectivity index (χ1n) is 18.6. The lowest BCUT2D eigenvalue weighted by molar-refractivity contribution is 0.628. The molecule has 55 heavy (non-hydrogen) atoms. The van der Waals surface area contributed by atoms with Crippen molar-refractivity contribution < 1.29 is 4.39 Å². The quantitative estimate of drug-likeness (QED) is 0.165. The molecule has 2 aliphatic rings. The van der Waals surface area contributed by atoms with Crippen molar-refractivity contribution in [2.75, 3.05) is 0 Å². The fraction of sp³-hybridized carbons (Fsp3) is 0.120. The lowest BCUT2D eigenvalue weighted by Crippen LogP contribution is -2.15. The second-order valence-corrected chi connectivity index (χ2v) is 16.1. The Balaban J connectivity index is 1.26. The normalized spacial score (nSPS) is 14.5. The number of hydrogen-bond donors (Lipinski definition) is 0. The molecule has 2 aliphatic carbocycles. The molecule has 2 aromatic heterocycles. The molecule has 260 valence electrons. The van der Waals surface area contributed by atoms with Crippen molar-refractivity contribution in [2.24, 2.45) is 0 Å². The van der Waals surface area contributed by atoms with Gasteiger partial charge in [0.15, 0.2) is 5.82 Å². The molecule has 11 rings (SSSR count). The molecule has 0 spiro atoms. The van der Waals surface area contributed by atoms with Gasteiger partial charge in [-0.2, -0.15) is 5.26 Å². The van der Waals surface area contributed by atoms with Gasteiger partial charge in [0.05, 0.1) is 40.0 Å². The van der Waals surface area contributed by atoms with Crippen LogP contribution in [0.3, 0.4) is 0 Å². The van der Waals surface area contributed by atoms with E-state index < -0.39 is 5.82 Å². The van der Waals surface area contributed by atoms with E-state index in [1.807, 2.05) is 51.6 Å². The van der Waals surface area contributed by atoms with Gasteiger partial charge in [-0.3, -0.25) is 0 Å². The van der Waals surface area contributed by atoms with Crippen molar-refractivity contribution in [1.82, 2.24) is 9.13 Å². The first-order chi connectivity index (χ1) is 26.6. The van der Waals surface area contributed by atoms with Crippen LogP contribution in [0.25, 0.3) is 82.1 Å². The molecule has 9 aromatic rings. The highest BCUT2D eigenvalue weighted by Crippen LogP contribution is 2.53. The van der Waals surface area contributed by atoms with Crippen LogP contribution >= 0.6 is 0 Å². The van der Waals surface area contributed by atoms with Gasteiger partial charge < -0.3 is 9.13 Å². The van der Waals surface area contributed by atoms with Crippen LogP contribution < -0.4 is 0 Å². The number of nitrogens with zero attached hydrogens (tertiary/aromatic N) is 4. The fourth-order valence-electron chi connectivity index (χ4n) is 10.0. The minimum atomic E-state index is -0.815. The summed E-state index contributed by atoms with van der Waals surface area (Å²) in [6.07, 6.45) is 0. The monoisotopic (exact) mass is 708 g/mol. The van der Waals surface area contributed by atoms with Crippen molar-refractivity contribution in [2.45, 2.75) is 38.5 Å². The van der Waals surface area contributed by atoms with E-state index in [4.69, 9.17) is 6.57 Å². The molecule has 7 aromatic carbocycles. The van der Waals surface area contributed by atoms with Crippen molar-refractivity contribution in [1.29, 1.82) is 5.26 Å². The van der Waals surface area contributed by atoms with Crippen LogP contribution in [0.15, 0.2) is 127 Å². The largest absolute Gasteiger partial charge is 0.319 e. The van der Waals surface area contributed by atoms with Crippen molar-refractivity contribution >= 4 is 49.3 Å². The van der Waals surface area contributed by atoms with Crippen LogP contribution in [0.5, 0.6) is 0 Å². The van der Waals surface area contributed by atoms with E-state index in [1.165, 1.54) is 44.5 Å². The number of aromatic nitrogens is 2. The van der Waals surface area contributed by atoms with Gasteiger partial charge in [0.2, 0.25) is 5.69 Å². The molecular formula is C50H33FN4. The summed E-state index contributed by atoms with van der Waals surface area (Å²) in [7, 11) is 0. The molecule has 0 unspecified atom stereocenters. The SMILES string of the molecule is [C-]#[N+]c1c(-n2c3ccccc3c3cc4c(cc32)C(C)(C)c2ccccc2-4)cc(-n2c3ccccc3c3cc4c(cc32)C(C)(C)c2ccccc2-4)c(C#N)c1F. The van der Waals surface area contributed by atoms with E-state index in [9.17, 15) is 5.26 Å². The number of para-hydroxylation sites is 2. The van der Waals surface area contributed by atoms with Crippen molar-refractivity contribution in [3.63, 3.8) is 0 Å². The molecule has 0 bridgehead atoms. The van der Waals surface area contributed by atoms with Gasteiger partial charge in [-0.1, -0.05) is 113 Å². The van der Waals surface area contributed by atoms with Gasteiger partial charge in [-0.25, -0.2) is 9.24 Å². The summed E-state index contributed by atoms with van der Waals surface area (Å²) < 4.78 is 21.2. The summed E-state index contributed by atoms with van der Waals surface area (Å²) in [6.45, 7) is 17.3. The fourth-order valence-corrected chi connectivity index (χ4v) is 10.0. The van der Waals surface area contributed by atoms with Gasteiger partial charge in [0, 0.05) is 32.4 Å². The summed E-state index contributed by atoms with van der Waals surface area (Å²) in [4.78, 5) is 3.81. The average molecular weight is 709 g/mol. The Labute approximate surface area is 317 Å². The smallest absolute Gasteiger partial charge is 0.246 e. The van der Waals surface area contributed by atoms with Crippen LogP contribution in [0.1, 0.15) is 55.5 Å². The van der Waals surface area contributed by atoms with Gasteiger partial charge in [0.1, 0.15) is 11.6 Å². The molecule has 0 atom stereocenters. The summed E-state index contributed by atoms with van der Waals surface area (Å²) >= 11 is 0. The molecule has 0 radical (unpaired) electrons. The number of rotatable bonds is 2. The Morgan fingerprint density at radius 3 is 1.47 bits per heavy atom. The van der Waals surface area contributed by atoms with Gasteiger partial charge >= 0.3 is 0 Å². The Kier molecular flexibility index (Phi) is 6.08. The number of nitriles is 1. The maximum absolute atomic E-state index is 17.2. The molecule has 4 nitrogen and oxygen atoms in total. The Hall–Kier alpha value is -6.95. The highest BCUT2D eigenvalue weighted by Gasteiger charge is 2.38. The first-order valence-corrected chi connectivity index (χ1v) is 18.6. The average Bonchev–Trinajstić information content (AvgIpc) is 3.85. The third kappa shape index (κ3) is 3.87. The zero-order valence-corrected chi connectivity index (χ0v) is 30.8. The topological polar surface area (TPSA) is 38.0 Å². The molecule has 0 saturated heterocycles. The van der Waals surface area contributed by atoms with E-state index in [0.717, 1.165) is 43.6 Å². The van der Waals surface area contributed by atoms with E-state index in [-0.39, 0.29) is 22.1 Å². The Morgan fingerprint density at radius 1 is 0.527 bits per heavy atom. The lowest BCUT2D eigenvalue weighted by Gasteiger charge is -2.22. The Bertz CT molecular complexity index is 3090. The molecule has 0 aliphatic heterocycles. The van der Waals surface area contributed by atoms with Gasteiger partial charge in [-0.15, -0.1) is 0 Å². The summed E-state index contributed by atoms with van der Waals surface area (Å²) in [6, 6.07) is 46.5. The third-order valence-electron chi connectivity index (χ3n) is 12.7. The maximum atomic E-state index is 17.2. The van der Waals surface area contributed by atoms with E-state index in [1.54, 1.807) is 0 Å². The van der Waals surface area contributed by atoms with Crippen LogP contribution in [-0.2, 0) is 10.8 Å². The molecule has 2 heterocycles. The lowest BCUT2D eigenvalue weighted by atomic mass is 9.82. The number of halogens is 1. The van der Waals surface area contributed by atoms with Crippen LogP contribution in [0.4, 0.5) is 10.1 Å². The third-order valence-corrected chi connectivity index (χ3v) is 12.7. The predicted octanol–water partition coefficient (Wildman–Crippen LogP) is 13.1. The number of hydrogen-bond acceptors (Lipinski definition) is 1. The molecule has 0 N–H and O–H groups in total. The van der Waals surface area contributed by atoms with E-state index >= 15 is 4.39 Å². The minimum absolute atomic E-state index is 0.154. The number of benzene rings is 7.